The summed E-state index contributed by atoms with van der Waals surface area (Å²) in [6, 6.07) is 0.715. The quantitative estimate of drug-likeness (QED) is 0.701. The van der Waals surface area contributed by atoms with E-state index in [1.165, 1.54) is 38.6 Å². The minimum Gasteiger partial charge on any atom is -0.383 e. The van der Waals surface area contributed by atoms with Gasteiger partial charge in [0.2, 0.25) is 0 Å². The first-order valence-corrected chi connectivity index (χ1v) is 6.62. The van der Waals surface area contributed by atoms with Crippen LogP contribution in [0, 0.1) is 5.92 Å². The van der Waals surface area contributed by atoms with E-state index in [4.69, 9.17) is 4.74 Å². The van der Waals surface area contributed by atoms with Crippen molar-refractivity contribution in [3.8, 4) is 0 Å². The van der Waals surface area contributed by atoms with Crippen molar-refractivity contribution in [1.82, 2.24) is 10.2 Å². The predicted molar refractivity (Wildman–Crippen MR) is 68.8 cm³/mol. The molecule has 3 heteroatoms. The van der Waals surface area contributed by atoms with Crippen LogP contribution in [0.2, 0.25) is 0 Å². The Bertz CT molecular complexity index is 175. The number of nitrogens with one attached hydrogen (secondary N) is 1. The average Bonchev–Trinajstić information content (AvgIpc) is 2.51. The Balaban J connectivity index is 2.35. The van der Waals surface area contributed by atoms with Gasteiger partial charge in [-0.05, 0) is 32.9 Å². The van der Waals surface area contributed by atoms with Crippen LogP contribution in [0.4, 0.5) is 0 Å². The molecule has 0 aromatic heterocycles. The summed E-state index contributed by atoms with van der Waals surface area (Å²) < 4.78 is 5.12. The fourth-order valence-corrected chi connectivity index (χ4v) is 2.72. The summed E-state index contributed by atoms with van der Waals surface area (Å²) in [7, 11) is 6.09. The Morgan fingerprint density at radius 2 is 2.00 bits per heavy atom. The van der Waals surface area contributed by atoms with E-state index < -0.39 is 0 Å². The summed E-state index contributed by atoms with van der Waals surface area (Å²) >= 11 is 0. The molecule has 0 aromatic carbocycles. The highest BCUT2D eigenvalue weighted by molar-refractivity contribution is 4.80. The smallest absolute Gasteiger partial charge is 0.0589 e. The zero-order chi connectivity index (χ0) is 11.8. The summed E-state index contributed by atoms with van der Waals surface area (Å²) in [6.45, 7) is 3.09. The molecular formula is C13H28N2O. The summed E-state index contributed by atoms with van der Waals surface area (Å²) in [5.41, 5.74) is 0. The van der Waals surface area contributed by atoms with Crippen molar-refractivity contribution in [2.45, 2.75) is 38.1 Å². The van der Waals surface area contributed by atoms with Crippen LogP contribution >= 0.6 is 0 Å². The molecule has 2 unspecified atom stereocenters. The highest BCUT2D eigenvalue weighted by Crippen LogP contribution is 2.23. The highest BCUT2D eigenvalue weighted by atomic mass is 16.5. The van der Waals surface area contributed by atoms with Gasteiger partial charge in [-0.2, -0.15) is 0 Å². The van der Waals surface area contributed by atoms with E-state index in [0.717, 1.165) is 19.1 Å². The maximum absolute atomic E-state index is 5.12. The van der Waals surface area contributed by atoms with Crippen molar-refractivity contribution in [1.29, 1.82) is 0 Å². The van der Waals surface area contributed by atoms with Crippen molar-refractivity contribution in [2.75, 3.05) is 40.9 Å². The second-order valence-electron chi connectivity index (χ2n) is 5.05. The van der Waals surface area contributed by atoms with Gasteiger partial charge in [-0.3, -0.25) is 0 Å². The molecule has 0 radical (unpaired) electrons. The van der Waals surface area contributed by atoms with Crippen LogP contribution < -0.4 is 5.32 Å². The molecule has 0 bridgehead atoms. The van der Waals surface area contributed by atoms with Gasteiger partial charge in [-0.1, -0.05) is 19.3 Å². The van der Waals surface area contributed by atoms with Gasteiger partial charge in [0.25, 0.3) is 0 Å². The van der Waals surface area contributed by atoms with Gasteiger partial charge in [0.1, 0.15) is 0 Å². The third-order valence-electron chi connectivity index (χ3n) is 3.75. The Hall–Kier alpha value is -0.120. The van der Waals surface area contributed by atoms with E-state index in [1.54, 1.807) is 7.11 Å². The molecule has 16 heavy (non-hydrogen) atoms. The number of likely N-dealkylation sites (N-methyl/N-ethyl adjacent to an activating group) is 1. The first kappa shape index (κ1) is 13.9. The van der Waals surface area contributed by atoms with Crippen molar-refractivity contribution in [3.63, 3.8) is 0 Å². The molecule has 0 heterocycles. The average molecular weight is 228 g/mol. The van der Waals surface area contributed by atoms with E-state index in [9.17, 15) is 0 Å². The van der Waals surface area contributed by atoms with Gasteiger partial charge in [0.15, 0.2) is 0 Å². The van der Waals surface area contributed by atoms with E-state index in [2.05, 4.69) is 24.3 Å². The van der Waals surface area contributed by atoms with Crippen molar-refractivity contribution >= 4 is 0 Å². The molecule has 0 aromatic rings. The molecule has 1 aliphatic rings. The summed E-state index contributed by atoms with van der Waals surface area (Å²) in [4.78, 5) is 2.41. The Kier molecular flexibility index (Phi) is 7.01. The van der Waals surface area contributed by atoms with Crippen LogP contribution in [0.25, 0.3) is 0 Å². The van der Waals surface area contributed by atoms with Gasteiger partial charge in [-0.15, -0.1) is 0 Å². The van der Waals surface area contributed by atoms with Gasteiger partial charge in [-0.25, -0.2) is 0 Å². The van der Waals surface area contributed by atoms with E-state index in [0.29, 0.717) is 6.04 Å². The zero-order valence-electron chi connectivity index (χ0n) is 11.2. The second kappa shape index (κ2) is 8.04. The van der Waals surface area contributed by atoms with Crippen LogP contribution in [-0.2, 0) is 4.74 Å². The van der Waals surface area contributed by atoms with E-state index >= 15 is 0 Å². The molecule has 1 fully saturated rings. The Labute approximate surface area is 101 Å². The van der Waals surface area contributed by atoms with Crippen LogP contribution in [0.1, 0.15) is 32.1 Å². The van der Waals surface area contributed by atoms with Gasteiger partial charge in [0.05, 0.1) is 6.61 Å². The SMILES string of the molecule is CNC1CCCCCC1CN(C)CCOC. The van der Waals surface area contributed by atoms with E-state index in [1.807, 2.05) is 0 Å². The molecule has 96 valence electrons. The largest absolute Gasteiger partial charge is 0.383 e. The maximum atomic E-state index is 5.12. The molecule has 1 rings (SSSR count). The normalized spacial score (nSPS) is 27.0. The molecule has 2 atom stereocenters. The maximum Gasteiger partial charge on any atom is 0.0589 e. The van der Waals surface area contributed by atoms with Crippen molar-refractivity contribution in [3.05, 3.63) is 0 Å². The number of nitrogens with zero attached hydrogens (tertiary/aromatic N) is 1. The molecule has 1 saturated carbocycles. The molecular weight excluding hydrogens is 200 g/mol. The first-order chi connectivity index (χ1) is 7.77. The molecule has 0 aliphatic heterocycles. The van der Waals surface area contributed by atoms with Crippen molar-refractivity contribution in [2.24, 2.45) is 5.92 Å². The number of rotatable bonds is 6. The minimum absolute atomic E-state index is 0.715. The number of hydrogen-bond acceptors (Lipinski definition) is 3. The highest BCUT2D eigenvalue weighted by Gasteiger charge is 2.23. The monoisotopic (exact) mass is 228 g/mol. The Morgan fingerprint density at radius 1 is 1.25 bits per heavy atom. The molecule has 0 saturated heterocycles. The van der Waals surface area contributed by atoms with E-state index in [-0.39, 0.29) is 0 Å². The number of ether oxygens (including phenoxy) is 1. The molecule has 1 N–H and O–H groups in total. The lowest BCUT2D eigenvalue weighted by atomic mass is 9.94. The lowest BCUT2D eigenvalue weighted by molar-refractivity contribution is 0.144. The number of hydrogen-bond donors (Lipinski definition) is 1. The Morgan fingerprint density at radius 3 is 2.69 bits per heavy atom. The standard InChI is InChI=1S/C13H28N2O/c1-14-13-8-6-4-5-7-12(13)11-15(2)9-10-16-3/h12-14H,4-11H2,1-3H3. The molecule has 0 amide bonds. The van der Waals surface area contributed by atoms with Crippen LogP contribution in [0.5, 0.6) is 0 Å². The fraction of sp³-hybridized carbons (Fsp3) is 1.00. The van der Waals surface area contributed by atoms with Gasteiger partial charge in [0, 0.05) is 26.2 Å². The predicted octanol–water partition coefficient (Wildman–Crippen LogP) is 1.73. The molecule has 1 aliphatic carbocycles. The third kappa shape index (κ3) is 4.81. The van der Waals surface area contributed by atoms with Crippen molar-refractivity contribution < 1.29 is 4.74 Å². The van der Waals surface area contributed by atoms with Crippen LogP contribution in [0.15, 0.2) is 0 Å². The van der Waals surface area contributed by atoms with Gasteiger partial charge >= 0.3 is 0 Å². The first-order valence-electron chi connectivity index (χ1n) is 6.62. The lowest BCUT2D eigenvalue weighted by Crippen LogP contribution is -2.40. The summed E-state index contributed by atoms with van der Waals surface area (Å²) in [6.07, 6.45) is 6.93. The number of methoxy groups -OCH3 is 1. The zero-order valence-corrected chi connectivity index (χ0v) is 11.2. The second-order valence-corrected chi connectivity index (χ2v) is 5.05. The van der Waals surface area contributed by atoms with Crippen LogP contribution in [-0.4, -0.2) is 51.8 Å². The van der Waals surface area contributed by atoms with Gasteiger partial charge < -0.3 is 15.0 Å². The topological polar surface area (TPSA) is 24.5 Å². The minimum atomic E-state index is 0.715. The molecule has 3 nitrogen and oxygen atoms in total. The molecule has 0 spiro atoms. The fourth-order valence-electron chi connectivity index (χ4n) is 2.72. The lowest BCUT2D eigenvalue weighted by Gasteiger charge is -2.29. The summed E-state index contributed by atoms with van der Waals surface area (Å²) in [5, 5.41) is 3.50. The third-order valence-corrected chi connectivity index (χ3v) is 3.75. The van der Waals surface area contributed by atoms with Crippen LogP contribution in [0.3, 0.4) is 0 Å². The summed E-state index contributed by atoms with van der Waals surface area (Å²) in [5.74, 6) is 0.814.